The van der Waals surface area contributed by atoms with Crippen molar-refractivity contribution < 1.29 is 9.13 Å². The molecular weight excluding hydrogens is 373 g/mol. The third-order valence-electron chi connectivity index (χ3n) is 7.35. The standard InChI is InChI=1S/C27H36FNO/c1-2-3-8-19-9-4-5-11-21(17-19)24-15-13-20-10-6-7-12-23(20)27(24)30-26-16-14-22(29)18-25(26)28/h6-7,10,12,14,16,18-19,21,24,27H,2-5,8-9,11,13,15,17,29H2,1H3. The van der Waals surface area contributed by atoms with E-state index in [2.05, 4.69) is 31.2 Å². The van der Waals surface area contributed by atoms with Crippen LogP contribution in [0.15, 0.2) is 42.5 Å². The van der Waals surface area contributed by atoms with Crippen molar-refractivity contribution in [3.63, 3.8) is 0 Å². The fourth-order valence-electron chi connectivity index (χ4n) is 5.77. The molecule has 3 heteroatoms. The zero-order valence-electron chi connectivity index (χ0n) is 18.3. The van der Waals surface area contributed by atoms with Crippen LogP contribution in [0.5, 0.6) is 5.75 Å². The Kier molecular flexibility index (Phi) is 6.97. The maximum Gasteiger partial charge on any atom is 0.167 e. The number of nitrogen functional groups attached to an aromatic ring is 1. The van der Waals surface area contributed by atoms with E-state index in [-0.39, 0.29) is 11.9 Å². The summed E-state index contributed by atoms with van der Waals surface area (Å²) in [6.45, 7) is 2.29. The van der Waals surface area contributed by atoms with Crippen molar-refractivity contribution in [3.8, 4) is 5.75 Å². The van der Waals surface area contributed by atoms with Crippen molar-refractivity contribution in [2.24, 2.45) is 17.8 Å². The van der Waals surface area contributed by atoms with Gasteiger partial charge in [-0.1, -0.05) is 76.1 Å². The number of anilines is 1. The van der Waals surface area contributed by atoms with Gasteiger partial charge in [-0.25, -0.2) is 4.39 Å². The average molecular weight is 410 g/mol. The van der Waals surface area contributed by atoms with Gasteiger partial charge in [-0.3, -0.25) is 0 Å². The van der Waals surface area contributed by atoms with E-state index >= 15 is 0 Å². The fourth-order valence-corrected chi connectivity index (χ4v) is 5.77. The maximum atomic E-state index is 14.6. The number of nitrogens with two attached hydrogens (primary N) is 1. The van der Waals surface area contributed by atoms with Gasteiger partial charge in [-0.15, -0.1) is 0 Å². The molecule has 2 aromatic rings. The molecule has 4 atom stereocenters. The molecule has 0 amide bonds. The Hall–Kier alpha value is -2.03. The molecule has 2 nitrogen and oxygen atoms in total. The summed E-state index contributed by atoms with van der Waals surface area (Å²) in [7, 11) is 0. The van der Waals surface area contributed by atoms with Crippen LogP contribution in [-0.4, -0.2) is 0 Å². The first-order valence-corrected chi connectivity index (χ1v) is 11.9. The lowest BCUT2D eigenvalue weighted by atomic mass is 9.71. The van der Waals surface area contributed by atoms with Crippen molar-refractivity contribution in [2.45, 2.75) is 77.2 Å². The number of rotatable bonds is 6. The molecule has 30 heavy (non-hydrogen) atoms. The van der Waals surface area contributed by atoms with Gasteiger partial charge in [0.1, 0.15) is 6.10 Å². The van der Waals surface area contributed by atoms with E-state index in [9.17, 15) is 4.39 Å². The van der Waals surface area contributed by atoms with Crippen LogP contribution in [0.1, 0.15) is 81.9 Å². The first-order chi connectivity index (χ1) is 14.7. The van der Waals surface area contributed by atoms with E-state index in [1.807, 2.05) is 0 Å². The molecule has 0 spiro atoms. The average Bonchev–Trinajstić information content (AvgIpc) is 3.00. The summed E-state index contributed by atoms with van der Waals surface area (Å²) in [6.07, 6.45) is 12.7. The summed E-state index contributed by atoms with van der Waals surface area (Å²) in [5.41, 5.74) is 8.79. The number of fused-ring (bicyclic) bond motifs is 1. The van der Waals surface area contributed by atoms with Crippen molar-refractivity contribution in [2.75, 3.05) is 5.73 Å². The molecule has 2 aliphatic carbocycles. The predicted octanol–water partition coefficient (Wildman–Crippen LogP) is 7.48. The van der Waals surface area contributed by atoms with Crippen LogP contribution in [-0.2, 0) is 6.42 Å². The minimum atomic E-state index is -0.363. The van der Waals surface area contributed by atoms with E-state index < -0.39 is 0 Å². The normalized spacial score (nSPS) is 26.6. The number of ether oxygens (including phenoxy) is 1. The maximum absolute atomic E-state index is 14.6. The van der Waals surface area contributed by atoms with E-state index in [0.717, 1.165) is 18.8 Å². The van der Waals surface area contributed by atoms with Gasteiger partial charge in [0.05, 0.1) is 0 Å². The highest BCUT2D eigenvalue weighted by Gasteiger charge is 2.38. The van der Waals surface area contributed by atoms with E-state index in [1.54, 1.807) is 12.1 Å². The summed E-state index contributed by atoms with van der Waals surface area (Å²) >= 11 is 0. The second-order valence-electron chi connectivity index (χ2n) is 9.42. The van der Waals surface area contributed by atoms with Gasteiger partial charge < -0.3 is 10.5 Å². The summed E-state index contributed by atoms with van der Waals surface area (Å²) in [4.78, 5) is 0. The Balaban J connectivity index is 1.61. The molecule has 1 saturated carbocycles. The Morgan fingerprint density at radius 1 is 1.07 bits per heavy atom. The predicted molar refractivity (Wildman–Crippen MR) is 122 cm³/mol. The third-order valence-corrected chi connectivity index (χ3v) is 7.35. The molecule has 0 radical (unpaired) electrons. The number of unbranched alkanes of at least 4 members (excludes halogenated alkanes) is 1. The first-order valence-electron chi connectivity index (χ1n) is 11.9. The van der Waals surface area contributed by atoms with Gasteiger partial charge in [0.25, 0.3) is 0 Å². The third kappa shape index (κ3) is 4.82. The minimum Gasteiger partial charge on any atom is -0.482 e. The van der Waals surface area contributed by atoms with Gasteiger partial charge in [0.2, 0.25) is 0 Å². The molecule has 2 aliphatic rings. The van der Waals surface area contributed by atoms with Gasteiger partial charge in [-0.2, -0.15) is 0 Å². The Morgan fingerprint density at radius 3 is 2.73 bits per heavy atom. The van der Waals surface area contributed by atoms with Crippen LogP contribution in [0.2, 0.25) is 0 Å². The lowest BCUT2D eigenvalue weighted by Gasteiger charge is -2.39. The zero-order chi connectivity index (χ0) is 20.9. The van der Waals surface area contributed by atoms with Crippen molar-refractivity contribution >= 4 is 5.69 Å². The number of halogens is 1. The number of hydrogen-bond donors (Lipinski definition) is 1. The first kappa shape index (κ1) is 21.2. The Bertz CT molecular complexity index is 835. The minimum absolute atomic E-state index is 0.0806. The van der Waals surface area contributed by atoms with Crippen LogP contribution in [0.4, 0.5) is 10.1 Å². The van der Waals surface area contributed by atoms with Gasteiger partial charge >= 0.3 is 0 Å². The molecule has 162 valence electrons. The molecule has 0 aromatic heterocycles. The van der Waals surface area contributed by atoms with Crippen molar-refractivity contribution in [3.05, 3.63) is 59.4 Å². The lowest BCUT2D eigenvalue weighted by Crippen LogP contribution is -2.31. The highest BCUT2D eigenvalue weighted by molar-refractivity contribution is 5.43. The van der Waals surface area contributed by atoms with E-state index in [0.29, 0.717) is 23.3 Å². The van der Waals surface area contributed by atoms with E-state index in [4.69, 9.17) is 10.5 Å². The Morgan fingerprint density at radius 2 is 1.90 bits per heavy atom. The molecule has 4 unspecified atom stereocenters. The van der Waals surface area contributed by atoms with Crippen LogP contribution in [0.3, 0.4) is 0 Å². The fraction of sp³-hybridized carbons (Fsp3) is 0.556. The smallest absolute Gasteiger partial charge is 0.167 e. The second kappa shape index (κ2) is 9.85. The van der Waals surface area contributed by atoms with Gasteiger partial charge in [-0.05, 0) is 54.4 Å². The topological polar surface area (TPSA) is 35.2 Å². The van der Waals surface area contributed by atoms with Crippen molar-refractivity contribution in [1.29, 1.82) is 0 Å². The Labute approximate surface area is 181 Å². The zero-order valence-corrected chi connectivity index (χ0v) is 18.3. The van der Waals surface area contributed by atoms with Gasteiger partial charge in [0, 0.05) is 17.7 Å². The number of aryl methyl sites for hydroxylation is 1. The summed E-state index contributed by atoms with van der Waals surface area (Å²) in [5, 5.41) is 0. The summed E-state index contributed by atoms with van der Waals surface area (Å²) < 4.78 is 21.1. The number of hydrogen-bond acceptors (Lipinski definition) is 2. The quantitative estimate of drug-likeness (QED) is 0.396. The summed E-state index contributed by atoms with van der Waals surface area (Å²) in [5.74, 6) is 1.90. The molecule has 2 N–H and O–H groups in total. The van der Waals surface area contributed by atoms with Crippen LogP contribution >= 0.6 is 0 Å². The second-order valence-corrected chi connectivity index (χ2v) is 9.42. The SMILES string of the molecule is CCCCC1CCCCC(C2CCc3ccccc3C2Oc2ccc(N)cc2F)C1. The van der Waals surface area contributed by atoms with Crippen LogP contribution < -0.4 is 10.5 Å². The monoisotopic (exact) mass is 409 g/mol. The molecule has 2 aromatic carbocycles. The molecule has 0 saturated heterocycles. The van der Waals surface area contributed by atoms with Crippen LogP contribution in [0.25, 0.3) is 0 Å². The van der Waals surface area contributed by atoms with E-state index in [1.165, 1.54) is 68.6 Å². The van der Waals surface area contributed by atoms with Crippen molar-refractivity contribution in [1.82, 2.24) is 0 Å². The van der Waals surface area contributed by atoms with Crippen LogP contribution in [0, 0.1) is 23.6 Å². The molecule has 0 heterocycles. The summed E-state index contributed by atoms with van der Waals surface area (Å²) in [6, 6.07) is 13.4. The van der Waals surface area contributed by atoms with Gasteiger partial charge in [0.15, 0.2) is 11.6 Å². The highest BCUT2D eigenvalue weighted by Crippen LogP contribution is 2.47. The molecule has 1 fully saturated rings. The molecule has 4 rings (SSSR count). The highest BCUT2D eigenvalue weighted by atomic mass is 19.1. The number of benzene rings is 2. The molecule has 0 bridgehead atoms. The lowest BCUT2D eigenvalue weighted by molar-refractivity contribution is 0.0637. The largest absolute Gasteiger partial charge is 0.482 e. The molecular formula is C27H36FNO. The molecule has 0 aliphatic heterocycles.